The van der Waals surface area contributed by atoms with Crippen LogP contribution >= 0.6 is 0 Å². The molecule has 2 aromatic rings. The SMILES string of the molecule is Cc1c2c(nn(CCN3CCOCC3)c1=O)-c1ccccc1CC2. The fourth-order valence-electron chi connectivity index (χ4n) is 3.69. The molecule has 2 heterocycles. The van der Waals surface area contributed by atoms with Crippen LogP contribution in [0, 0.1) is 6.92 Å². The van der Waals surface area contributed by atoms with E-state index in [1.807, 2.05) is 13.0 Å². The summed E-state index contributed by atoms with van der Waals surface area (Å²) in [5, 5.41) is 4.75. The van der Waals surface area contributed by atoms with Crippen molar-refractivity contribution in [3.63, 3.8) is 0 Å². The summed E-state index contributed by atoms with van der Waals surface area (Å²) in [4.78, 5) is 15.0. The standard InChI is InChI=1S/C19H23N3O2/c1-14-16-7-6-15-4-2-3-5-17(15)18(16)20-22(19(14)23)9-8-21-10-12-24-13-11-21/h2-5H,6-13H2,1H3. The van der Waals surface area contributed by atoms with Gasteiger partial charge in [-0.15, -0.1) is 0 Å². The second-order valence-electron chi connectivity index (χ2n) is 6.59. The number of benzene rings is 1. The maximum absolute atomic E-state index is 12.7. The smallest absolute Gasteiger partial charge is 0.270 e. The lowest BCUT2D eigenvalue weighted by Gasteiger charge is -2.27. The van der Waals surface area contributed by atoms with Gasteiger partial charge in [0.25, 0.3) is 5.56 Å². The van der Waals surface area contributed by atoms with Gasteiger partial charge >= 0.3 is 0 Å². The zero-order chi connectivity index (χ0) is 16.5. The molecule has 0 N–H and O–H groups in total. The molecule has 1 aromatic carbocycles. The van der Waals surface area contributed by atoms with Gasteiger partial charge in [0.1, 0.15) is 0 Å². The summed E-state index contributed by atoms with van der Waals surface area (Å²) < 4.78 is 7.04. The van der Waals surface area contributed by atoms with Crippen LogP contribution in [0.5, 0.6) is 0 Å². The molecule has 0 amide bonds. The zero-order valence-electron chi connectivity index (χ0n) is 14.1. The molecule has 4 rings (SSSR count). The summed E-state index contributed by atoms with van der Waals surface area (Å²) in [6.45, 7) is 6.84. The highest BCUT2D eigenvalue weighted by molar-refractivity contribution is 5.70. The van der Waals surface area contributed by atoms with Crippen molar-refractivity contribution in [1.82, 2.24) is 14.7 Å². The van der Waals surface area contributed by atoms with Gasteiger partial charge in [0, 0.05) is 30.8 Å². The van der Waals surface area contributed by atoms with Crippen molar-refractivity contribution < 1.29 is 4.74 Å². The summed E-state index contributed by atoms with van der Waals surface area (Å²) in [6.07, 6.45) is 1.90. The normalized spacial score (nSPS) is 17.4. The second-order valence-corrected chi connectivity index (χ2v) is 6.59. The minimum atomic E-state index is 0.0568. The van der Waals surface area contributed by atoms with Crippen molar-refractivity contribution in [2.75, 3.05) is 32.8 Å². The van der Waals surface area contributed by atoms with Gasteiger partial charge in [0.05, 0.1) is 25.5 Å². The first-order valence-corrected chi connectivity index (χ1v) is 8.73. The van der Waals surface area contributed by atoms with Crippen molar-refractivity contribution in [2.45, 2.75) is 26.3 Å². The first-order chi connectivity index (χ1) is 11.7. The average Bonchev–Trinajstić information content (AvgIpc) is 2.64. The van der Waals surface area contributed by atoms with Crippen LogP contribution in [0.2, 0.25) is 0 Å². The first kappa shape index (κ1) is 15.5. The fourth-order valence-corrected chi connectivity index (χ4v) is 3.69. The lowest BCUT2D eigenvalue weighted by Crippen LogP contribution is -2.40. The molecule has 126 valence electrons. The van der Waals surface area contributed by atoms with Gasteiger partial charge in [-0.25, -0.2) is 4.68 Å². The van der Waals surface area contributed by atoms with Crippen LogP contribution in [0.3, 0.4) is 0 Å². The first-order valence-electron chi connectivity index (χ1n) is 8.73. The molecule has 1 aliphatic heterocycles. The maximum atomic E-state index is 12.7. The Kier molecular flexibility index (Phi) is 4.21. The highest BCUT2D eigenvalue weighted by Gasteiger charge is 2.22. The van der Waals surface area contributed by atoms with E-state index in [2.05, 4.69) is 23.1 Å². The Labute approximate surface area is 141 Å². The van der Waals surface area contributed by atoms with Gasteiger partial charge < -0.3 is 4.74 Å². The Morgan fingerprint density at radius 2 is 1.92 bits per heavy atom. The Hall–Kier alpha value is -1.98. The van der Waals surface area contributed by atoms with E-state index in [9.17, 15) is 4.79 Å². The van der Waals surface area contributed by atoms with Gasteiger partial charge in [-0.2, -0.15) is 5.10 Å². The lowest BCUT2D eigenvalue weighted by atomic mass is 9.87. The molecule has 1 aromatic heterocycles. The van der Waals surface area contributed by atoms with Gasteiger partial charge in [-0.3, -0.25) is 9.69 Å². The number of ether oxygens (including phenoxy) is 1. The third-order valence-electron chi connectivity index (χ3n) is 5.16. The molecule has 0 unspecified atom stereocenters. The molecule has 1 saturated heterocycles. The highest BCUT2D eigenvalue weighted by Crippen LogP contribution is 2.31. The summed E-state index contributed by atoms with van der Waals surface area (Å²) in [5.74, 6) is 0. The lowest BCUT2D eigenvalue weighted by molar-refractivity contribution is 0.0358. The molecular weight excluding hydrogens is 302 g/mol. The van der Waals surface area contributed by atoms with Crippen molar-refractivity contribution in [3.8, 4) is 11.3 Å². The van der Waals surface area contributed by atoms with E-state index in [4.69, 9.17) is 9.84 Å². The predicted octanol–water partition coefficient (Wildman–Crippen LogP) is 1.65. The van der Waals surface area contributed by atoms with E-state index < -0.39 is 0 Å². The molecular formula is C19H23N3O2. The third kappa shape index (κ3) is 2.78. The molecule has 24 heavy (non-hydrogen) atoms. The molecule has 0 atom stereocenters. The van der Waals surface area contributed by atoms with Crippen LogP contribution in [-0.2, 0) is 24.1 Å². The number of aromatic nitrogens is 2. The Balaban J connectivity index is 1.67. The summed E-state index contributed by atoms with van der Waals surface area (Å²) in [5.41, 5.74) is 5.55. The number of aryl methyl sites for hydroxylation is 1. The van der Waals surface area contributed by atoms with Crippen LogP contribution in [-0.4, -0.2) is 47.5 Å². The van der Waals surface area contributed by atoms with Crippen LogP contribution in [0.15, 0.2) is 29.1 Å². The number of hydrogen-bond acceptors (Lipinski definition) is 4. The average molecular weight is 325 g/mol. The molecule has 0 radical (unpaired) electrons. The quantitative estimate of drug-likeness (QED) is 0.861. The molecule has 0 bridgehead atoms. The Morgan fingerprint density at radius 3 is 2.75 bits per heavy atom. The van der Waals surface area contributed by atoms with Gasteiger partial charge in [-0.05, 0) is 30.9 Å². The topological polar surface area (TPSA) is 47.4 Å². The Bertz CT molecular complexity index is 807. The number of fused-ring (bicyclic) bond motifs is 3. The minimum absolute atomic E-state index is 0.0568. The molecule has 0 spiro atoms. The van der Waals surface area contributed by atoms with Crippen molar-refractivity contribution >= 4 is 0 Å². The van der Waals surface area contributed by atoms with Gasteiger partial charge in [0.2, 0.25) is 0 Å². The fraction of sp³-hybridized carbons (Fsp3) is 0.474. The number of morpholine rings is 1. The third-order valence-corrected chi connectivity index (χ3v) is 5.16. The summed E-state index contributed by atoms with van der Waals surface area (Å²) in [6, 6.07) is 8.41. The van der Waals surface area contributed by atoms with E-state index in [1.165, 1.54) is 11.1 Å². The minimum Gasteiger partial charge on any atom is -0.379 e. The number of hydrogen-bond donors (Lipinski definition) is 0. The van der Waals surface area contributed by atoms with Crippen molar-refractivity contribution in [1.29, 1.82) is 0 Å². The summed E-state index contributed by atoms with van der Waals surface area (Å²) >= 11 is 0. The summed E-state index contributed by atoms with van der Waals surface area (Å²) in [7, 11) is 0. The Morgan fingerprint density at radius 1 is 1.12 bits per heavy atom. The van der Waals surface area contributed by atoms with Gasteiger partial charge in [0.15, 0.2) is 0 Å². The van der Waals surface area contributed by atoms with Crippen LogP contribution in [0.25, 0.3) is 11.3 Å². The molecule has 2 aliphatic rings. The molecule has 5 nitrogen and oxygen atoms in total. The number of nitrogens with zero attached hydrogens (tertiary/aromatic N) is 3. The second kappa shape index (κ2) is 6.49. The van der Waals surface area contributed by atoms with Crippen LogP contribution < -0.4 is 5.56 Å². The van der Waals surface area contributed by atoms with E-state index in [-0.39, 0.29) is 5.56 Å². The van der Waals surface area contributed by atoms with E-state index in [1.54, 1.807) is 4.68 Å². The van der Waals surface area contributed by atoms with E-state index >= 15 is 0 Å². The van der Waals surface area contributed by atoms with Crippen molar-refractivity contribution in [3.05, 3.63) is 51.3 Å². The van der Waals surface area contributed by atoms with Gasteiger partial charge in [-0.1, -0.05) is 24.3 Å². The van der Waals surface area contributed by atoms with E-state index in [0.29, 0.717) is 6.54 Å². The van der Waals surface area contributed by atoms with Crippen molar-refractivity contribution in [2.24, 2.45) is 0 Å². The van der Waals surface area contributed by atoms with Crippen LogP contribution in [0.4, 0.5) is 0 Å². The molecule has 1 aliphatic carbocycles. The number of rotatable bonds is 3. The maximum Gasteiger partial charge on any atom is 0.270 e. The zero-order valence-corrected chi connectivity index (χ0v) is 14.1. The molecule has 5 heteroatoms. The monoisotopic (exact) mass is 325 g/mol. The highest BCUT2D eigenvalue weighted by atomic mass is 16.5. The predicted molar refractivity (Wildman–Crippen MR) is 93.3 cm³/mol. The van der Waals surface area contributed by atoms with Crippen LogP contribution in [0.1, 0.15) is 16.7 Å². The largest absolute Gasteiger partial charge is 0.379 e. The molecule has 1 fully saturated rings. The van der Waals surface area contributed by atoms with E-state index in [0.717, 1.165) is 62.5 Å². The molecule has 0 saturated carbocycles.